The van der Waals surface area contributed by atoms with Gasteiger partial charge in [-0.25, -0.2) is 4.98 Å². The number of hydrogen-bond acceptors (Lipinski definition) is 5. The zero-order valence-corrected chi connectivity index (χ0v) is 11.6. The van der Waals surface area contributed by atoms with Gasteiger partial charge in [0.05, 0.1) is 0 Å². The lowest BCUT2D eigenvalue weighted by atomic mass is 10.2. The summed E-state index contributed by atoms with van der Waals surface area (Å²) in [7, 11) is 0. The summed E-state index contributed by atoms with van der Waals surface area (Å²) in [5.74, 6) is 1.25. The van der Waals surface area contributed by atoms with Crippen LogP contribution < -0.4 is 5.32 Å². The highest BCUT2D eigenvalue weighted by Gasteiger charge is 2.11. The van der Waals surface area contributed by atoms with E-state index in [1.807, 2.05) is 13.0 Å². The first-order chi connectivity index (χ1) is 9.78. The van der Waals surface area contributed by atoms with Crippen molar-refractivity contribution in [1.29, 1.82) is 0 Å². The van der Waals surface area contributed by atoms with Crippen LogP contribution in [0, 0.1) is 6.92 Å². The molecule has 0 bridgehead atoms. The third-order valence-corrected chi connectivity index (χ3v) is 3.16. The summed E-state index contributed by atoms with van der Waals surface area (Å²) in [6.07, 6.45) is 3.90. The fourth-order valence-electron chi connectivity index (χ4n) is 2.27. The minimum absolute atomic E-state index is 0.542. The molecule has 0 aliphatic heterocycles. The molecule has 0 saturated heterocycles. The lowest BCUT2D eigenvalue weighted by molar-refractivity contribution is 0.369. The van der Waals surface area contributed by atoms with Gasteiger partial charge in [-0.1, -0.05) is 12.1 Å². The van der Waals surface area contributed by atoms with Crippen LogP contribution >= 0.6 is 0 Å². The Morgan fingerprint density at radius 3 is 3.05 bits per heavy atom. The minimum Gasteiger partial charge on any atom is -0.337 e. The minimum atomic E-state index is 0.542. The molecule has 6 heteroatoms. The first kappa shape index (κ1) is 12.8. The molecule has 6 nitrogen and oxygen atoms in total. The van der Waals surface area contributed by atoms with Crippen LogP contribution in [0.3, 0.4) is 0 Å². The molecule has 0 fully saturated rings. The second-order valence-electron chi connectivity index (χ2n) is 4.67. The molecule has 3 rings (SSSR count). The van der Waals surface area contributed by atoms with Crippen molar-refractivity contribution in [2.24, 2.45) is 0 Å². The molecular formula is C14H17N5O. The normalized spacial score (nSPS) is 11.3. The number of hydrogen-bond donors (Lipinski definition) is 1. The molecule has 0 aliphatic rings. The highest BCUT2D eigenvalue weighted by atomic mass is 16.5. The molecule has 3 aromatic rings. The quantitative estimate of drug-likeness (QED) is 0.767. The van der Waals surface area contributed by atoms with E-state index >= 15 is 0 Å². The fourth-order valence-corrected chi connectivity index (χ4v) is 2.27. The first-order valence-electron chi connectivity index (χ1n) is 6.70. The van der Waals surface area contributed by atoms with E-state index in [0.29, 0.717) is 18.3 Å². The topological polar surface area (TPSA) is 68.8 Å². The third kappa shape index (κ3) is 2.42. The van der Waals surface area contributed by atoms with Gasteiger partial charge in [-0.2, -0.15) is 4.98 Å². The number of pyridine rings is 1. The lowest BCUT2D eigenvalue weighted by Gasteiger charge is -1.99. The largest absolute Gasteiger partial charge is 0.337 e. The van der Waals surface area contributed by atoms with Crippen molar-refractivity contribution in [3.8, 4) is 0 Å². The molecule has 0 aromatic carbocycles. The van der Waals surface area contributed by atoms with Crippen molar-refractivity contribution in [3.63, 3.8) is 0 Å². The van der Waals surface area contributed by atoms with E-state index in [1.54, 1.807) is 6.20 Å². The number of nitrogens with zero attached hydrogens (tertiary/aromatic N) is 4. The Morgan fingerprint density at radius 2 is 2.30 bits per heavy atom. The SMILES string of the molecule is CCNCc1cn(Cc2nc(C)no2)c2ncccc12. The molecule has 0 radical (unpaired) electrons. The average molecular weight is 271 g/mol. The molecule has 0 aliphatic carbocycles. The molecule has 0 spiro atoms. The molecule has 104 valence electrons. The number of aromatic nitrogens is 4. The summed E-state index contributed by atoms with van der Waals surface area (Å²) in [5.41, 5.74) is 2.17. The van der Waals surface area contributed by atoms with E-state index in [9.17, 15) is 0 Å². The van der Waals surface area contributed by atoms with Gasteiger partial charge >= 0.3 is 0 Å². The van der Waals surface area contributed by atoms with Gasteiger partial charge in [0.2, 0.25) is 5.89 Å². The molecule has 0 atom stereocenters. The number of fused-ring (bicyclic) bond motifs is 1. The smallest absolute Gasteiger partial charge is 0.246 e. The van der Waals surface area contributed by atoms with Gasteiger partial charge in [0.1, 0.15) is 12.2 Å². The van der Waals surface area contributed by atoms with Crippen molar-refractivity contribution in [1.82, 2.24) is 25.0 Å². The maximum atomic E-state index is 5.18. The number of aryl methyl sites for hydroxylation is 1. The highest BCUT2D eigenvalue weighted by Crippen LogP contribution is 2.20. The van der Waals surface area contributed by atoms with Gasteiger partial charge in [-0.3, -0.25) is 0 Å². The zero-order chi connectivity index (χ0) is 13.9. The summed E-state index contributed by atoms with van der Waals surface area (Å²) in [6.45, 7) is 6.22. The third-order valence-electron chi connectivity index (χ3n) is 3.16. The molecular weight excluding hydrogens is 254 g/mol. The Kier molecular flexibility index (Phi) is 3.47. The van der Waals surface area contributed by atoms with Gasteiger partial charge in [0, 0.05) is 24.3 Å². The van der Waals surface area contributed by atoms with E-state index in [4.69, 9.17) is 4.52 Å². The Bertz CT molecular complexity index is 715. The van der Waals surface area contributed by atoms with Gasteiger partial charge in [-0.15, -0.1) is 0 Å². The molecule has 20 heavy (non-hydrogen) atoms. The maximum absolute atomic E-state index is 5.18. The van der Waals surface area contributed by atoms with Crippen molar-refractivity contribution in [3.05, 3.63) is 41.8 Å². The second-order valence-corrected chi connectivity index (χ2v) is 4.67. The van der Waals surface area contributed by atoms with E-state index in [2.05, 4.69) is 44.2 Å². The Labute approximate surface area is 116 Å². The van der Waals surface area contributed by atoms with Crippen LogP contribution in [-0.2, 0) is 13.1 Å². The Hall–Kier alpha value is -2.21. The van der Waals surface area contributed by atoms with Crippen LogP contribution in [0.2, 0.25) is 0 Å². The predicted molar refractivity (Wildman–Crippen MR) is 75.3 cm³/mol. The van der Waals surface area contributed by atoms with Gasteiger partial charge in [0.25, 0.3) is 0 Å². The highest BCUT2D eigenvalue weighted by molar-refractivity contribution is 5.80. The summed E-state index contributed by atoms with van der Waals surface area (Å²) in [4.78, 5) is 8.70. The molecule has 1 N–H and O–H groups in total. The Morgan fingerprint density at radius 1 is 1.40 bits per heavy atom. The van der Waals surface area contributed by atoms with Crippen molar-refractivity contribution >= 4 is 11.0 Å². The van der Waals surface area contributed by atoms with Crippen molar-refractivity contribution in [2.75, 3.05) is 6.54 Å². The number of nitrogens with one attached hydrogen (secondary N) is 1. The molecule has 3 aromatic heterocycles. The molecule has 0 saturated carbocycles. The summed E-state index contributed by atoms with van der Waals surface area (Å²) in [6, 6.07) is 4.05. The van der Waals surface area contributed by atoms with Crippen molar-refractivity contribution in [2.45, 2.75) is 26.9 Å². The maximum Gasteiger partial charge on any atom is 0.246 e. The Balaban J connectivity index is 1.97. The van der Waals surface area contributed by atoms with Crippen LogP contribution in [0.5, 0.6) is 0 Å². The summed E-state index contributed by atoms with van der Waals surface area (Å²) in [5, 5.41) is 8.32. The lowest BCUT2D eigenvalue weighted by Crippen LogP contribution is -2.11. The van der Waals surface area contributed by atoms with E-state index in [-0.39, 0.29) is 0 Å². The van der Waals surface area contributed by atoms with Crippen molar-refractivity contribution < 1.29 is 4.52 Å². The average Bonchev–Trinajstić information content (AvgIpc) is 3.02. The monoisotopic (exact) mass is 271 g/mol. The predicted octanol–water partition coefficient (Wildman–Crippen LogP) is 1.89. The summed E-state index contributed by atoms with van der Waals surface area (Å²) >= 11 is 0. The zero-order valence-electron chi connectivity index (χ0n) is 11.6. The van der Waals surface area contributed by atoms with Gasteiger partial charge in [0.15, 0.2) is 5.82 Å². The van der Waals surface area contributed by atoms with Gasteiger partial charge < -0.3 is 14.4 Å². The van der Waals surface area contributed by atoms with E-state index < -0.39 is 0 Å². The van der Waals surface area contributed by atoms with Crippen LogP contribution in [0.4, 0.5) is 0 Å². The summed E-state index contributed by atoms with van der Waals surface area (Å²) < 4.78 is 7.23. The van der Waals surface area contributed by atoms with E-state index in [1.165, 1.54) is 5.56 Å². The standard InChI is InChI=1S/C14H17N5O/c1-3-15-7-11-8-19(9-13-17-10(2)18-20-13)14-12(11)5-4-6-16-14/h4-6,8,15H,3,7,9H2,1-2H3. The van der Waals surface area contributed by atoms with Crippen LogP contribution in [0.15, 0.2) is 29.0 Å². The second kappa shape index (κ2) is 5.42. The van der Waals surface area contributed by atoms with Gasteiger partial charge in [-0.05, 0) is 31.2 Å². The fraction of sp³-hybridized carbons (Fsp3) is 0.357. The van der Waals surface area contributed by atoms with Crippen LogP contribution in [0.1, 0.15) is 24.2 Å². The van der Waals surface area contributed by atoms with Crippen LogP contribution in [-0.4, -0.2) is 26.2 Å². The molecule has 3 heterocycles. The molecule has 0 amide bonds. The van der Waals surface area contributed by atoms with E-state index in [0.717, 1.165) is 24.1 Å². The first-order valence-corrected chi connectivity index (χ1v) is 6.70. The number of rotatable bonds is 5. The van der Waals surface area contributed by atoms with Crippen LogP contribution in [0.25, 0.3) is 11.0 Å². The molecule has 0 unspecified atom stereocenters.